The highest BCUT2D eigenvalue weighted by Gasteiger charge is 2.16. The Hall–Kier alpha value is -2.70. The summed E-state index contributed by atoms with van der Waals surface area (Å²) >= 11 is 0. The molecule has 27 heavy (non-hydrogen) atoms. The lowest BCUT2D eigenvalue weighted by Crippen LogP contribution is -2.23. The van der Waals surface area contributed by atoms with Crippen LogP contribution in [0.4, 0.5) is 17.5 Å². The molecule has 2 N–H and O–H groups in total. The van der Waals surface area contributed by atoms with E-state index in [1.807, 2.05) is 25.1 Å². The fourth-order valence-electron chi connectivity index (χ4n) is 3.43. The molecule has 0 unspecified atom stereocenters. The van der Waals surface area contributed by atoms with Crippen molar-refractivity contribution in [1.82, 2.24) is 9.97 Å². The minimum Gasteiger partial charge on any atom is -0.493 e. The maximum absolute atomic E-state index is 5.41. The second kappa shape index (κ2) is 8.79. The van der Waals surface area contributed by atoms with Crippen molar-refractivity contribution >= 4 is 17.5 Å². The van der Waals surface area contributed by atoms with Crippen LogP contribution in [-0.2, 0) is 0 Å². The lowest BCUT2D eigenvalue weighted by molar-refractivity contribution is 0.324. The van der Waals surface area contributed by atoms with E-state index in [9.17, 15) is 0 Å². The third kappa shape index (κ3) is 4.72. The molecule has 1 fully saturated rings. The van der Waals surface area contributed by atoms with E-state index in [0.29, 0.717) is 29.2 Å². The fraction of sp³-hybridized carbons (Fsp3) is 0.500. The number of nitrogens with zero attached hydrogens (tertiary/aromatic N) is 2. The molecule has 0 radical (unpaired) electrons. The lowest BCUT2D eigenvalue weighted by atomic mass is 9.96. The van der Waals surface area contributed by atoms with Gasteiger partial charge in [0.05, 0.1) is 21.3 Å². The van der Waals surface area contributed by atoms with Gasteiger partial charge in [-0.2, -0.15) is 4.98 Å². The number of rotatable bonds is 7. The van der Waals surface area contributed by atoms with Gasteiger partial charge in [-0.3, -0.25) is 0 Å². The molecule has 0 bridgehead atoms. The first-order chi connectivity index (χ1) is 13.1. The molecule has 2 aromatic rings. The van der Waals surface area contributed by atoms with E-state index in [1.165, 1.54) is 32.1 Å². The number of hydrogen-bond donors (Lipinski definition) is 2. The van der Waals surface area contributed by atoms with Crippen LogP contribution in [0.2, 0.25) is 0 Å². The second-order valence-corrected chi connectivity index (χ2v) is 6.74. The molecule has 1 saturated carbocycles. The third-order valence-electron chi connectivity index (χ3n) is 4.73. The molecule has 0 saturated heterocycles. The van der Waals surface area contributed by atoms with Crippen LogP contribution in [0.5, 0.6) is 17.2 Å². The summed E-state index contributed by atoms with van der Waals surface area (Å²) in [6.45, 7) is 1.97. The Bertz CT molecular complexity index is 751. The van der Waals surface area contributed by atoms with Crippen molar-refractivity contribution in [1.29, 1.82) is 0 Å². The molecule has 0 spiro atoms. The van der Waals surface area contributed by atoms with Gasteiger partial charge in [-0.05, 0) is 19.8 Å². The number of nitrogens with one attached hydrogen (secondary N) is 2. The SMILES string of the molecule is COc1cc(Nc2cc(C)nc(NC3CCCCC3)n2)cc(OC)c1OC. The van der Waals surface area contributed by atoms with Crippen molar-refractivity contribution in [3.63, 3.8) is 0 Å². The van der Waals surface area contributed by atoms with Gasteiger partial charge in [-0.1, -0.05) is 19.3 Å². The average molecular weight is 372 g/mol. The first kappa shape index (κ1) is 19.1. The van der Waals surface area contributed by atoms with Gasteiger partial charge >= 0.3 is 0 Å². The highest BCUT2D eigenvalue weighted by atomic mass is 16.5. The summed E-state index contributed by atoms with van der Waals surface area (Å²) in [5, 5.41) is 6.80. The highest BCUT2D eigenvalue weighted by Crippen LogP contribution is 2.40. The molecule has 1 aromatic heterocycles. The monoisotopic (exact) mass is 372 g/mol. The van der Waals surface area contributed by atoms with E-state index < -0.39 is 0 Å². The number of methoxy groups -OCH3 is 3. The second-order valence-electron chi connectivity index (χ2n) is 6.74. The van der Waals surface area contributed by atoms with E-state index in [1.54, 1.807) is 21.3 Å². The molecule has 7 nitrogen and oxygen atoms in total. The molecule has 1 heterocycles. The van der Waals surface area contributed by atoms with Crippen molar-refractivity contribution < 1.29 is 14.2 Å². The molecule has 3 rings (SSSR count). The molecule has 1 aliphatic carbocycles. The van der Waals surface area contributed by atoms with Gasteiger partial charge in [0, 0.05) is 35.6 Å². The Labute approximate surface area is 160 Å². The molecule has 7 heteroatoms. The van der Waals surface area contributed by atoms with Gasteiger partial charge < -0.3 is 24.8 Å². The third-order valence-corrected chi connectivity index (χ3v) is 4.73. The van der Waals surface area contributed by atoms with Gasteiger partial charge in [0.15, 0.2) is 11.5 Å². The van der Waals surface area contributed by atoms with Crippen LogP contribution >= 0.6 is 0 Å². The summed E-state index contributed by atoms with van der Waals surface area (Å²) < 4.78 is 16.2. The summed E-state index contributed by atoms with van der Waals surface area (Å²) in [7, 11) is 4.79. The zero-order valence-corrected chi connectivity index (χ0v) is 16.5. The lowest BCUT2D eigenvalue weighted by Gasteiger charge is -2.23. The molecule has 146 valence electrons. The number of anilines is 3. The summed E-state index contributed by atoms with van der Waals surface area (Å²) in [5.41, 5.74) is 1.70. The van der Waals surface area contributed by atoms with Gasteiger partial charge in [0.2, 0.25) is 11.7 Å². The van der Waals surface area contributed by atoms with Crippen molar-refractivity contribution in [2.24, 2.45) is 0 Å². The zero-order valence-electron chi connectivity index (χ0n) is 16.5. The molecular weight excluding hydrogens is 344 g/mol. The minimum atomic E-state index is 0.453. The van der Waals surface area contributed by atoms with Crippen LogP contribution < -0.4 is 24.8 Å². The molecular formula is C20H28N4O3. The molecule has 0 aliphatic heterocycles. The van der Waals surface area contributed by atoms with Crippen LogP contribution in [0, 0.1) is 6.92 Å². The number of hydrogen-bond acceptors (Lipinski definition) is 7. The fourth-order valence-corrected chi connectivity index (χ4v) is 3.43. The van der Waals surface area contributed by atoms with Crippen molar-refractivity contribution in [2.75, 3.05) is 32.0 Å². The number of aryl methyl sites for hydroxylation is 1. The maximum atomic E-state index is 5.41. The summed E-state index contributed by atoms with van der Waals surface area (Å²) in [5.74, 6) is 3.12. The zero-order chi connectivity index (χ0) is 19.2. The van der Waals surface area contributed by atoms with Gasteiger partial charge in [-0.15, -0.1) is 0 Å². The van der Waals surface area contributed by atoms with Crippen LogP contribution in [0.25, 0.3) is 0 Å². The van der Waals surface area contributed by atoms with Crippen LogP contribution in [-0.4, -0.2) is 37.3 Å². The molecule has 0 amide bonds. The summed E-state index contributed by atoms with van der Waals surface area (Å²) in [6.07, 6.45) is 6.20. The highest BCUT2D eigenvalue weighted by molar-refractivity contribution is 5.67. The van der Waals surface area contributed by atoms with Crippen molar-refractivity contribution in [2.45, 2.75) is 45.1 Å². The van der Waals surface area contributed by atoms with E-state index in [2.05, 4.69) is 20.6 Å². The van der Waals surface area contributed by atoms with E-state index in [4.69, 9.17) is 14.2 Å². The van der Waals surface area contributed by atoms with Gasteiger partial charge in [0.1, 0.15) is 5.82 Å². The summed E-state index contributed by atoms with van der Waals surface area (Å²) in [4.78, 5) is 9.16. The predicted octanol–water partition coefficient (Wildman–Crippen LogP) is 4.30. The Kier molecular flexibility index (Phi) is 6.21. The minimum absolute atomic E-state index is 0.453. The average Bonchev–Trinajstić information content (AvgIpc) is 2.67. The van der Waals surface area contributed by atoms with Crippen molar-refractivity contribution in [3.05, 3.63) is 23.9 Å². The summed E-state index contributed by atoms with van der Waals surface area (Å²) in [6, 6.07) is 6.07. The quantitative estimate of drug-likeness (QED) is 0.750. The Morgan fingerprint density at radius 1 is 0.889 bits per heavy atom. The number of ether oxygens (including phenoxy) is 3. The number of benzene rings is 1. The largest absolute Gasteiger partial charge is 0.493 e. The van der Waals surface area contributed by atoms with E-state index >= 15 is 0 Å². The Morgan fingerprint density at radius 2 is 1.56 bits per heavy atom. The van der Waals surface area contributed by atoms with Crippen molar-refractivity contribution in [3.8, 4) is 17.2 Å². The number of aromatic nitrogens is 2. The normalized spacial score (nSPS) is 14.5. The van der Waals surface area contributed by atoms with E-state index in [-0.39, 0.29) is 0 Å². The molecule has 0 atom stereocenters. The Balaban J connectivity index is 1.82. The first-order valence-electron chi connectivity index (χ1n) is 9.32. The molecule has 1 aliphatic rings. The van der Waals surface area contributed by atoms with Gasteiger partial charge in [-0.25, -0.2) is 4.98 Å². The molecule has 1 aromatic carbocycles. The Morgan fingerprint density at radius 3 is 2.15 bits per heavy atom. The van der Waals surface area contributed by atoms with Crippen LogP contribution in [0.1, 0.15) is 37.8 Å². The standard InChI is InChI=1S/C20H28N4O3/c1-13-10-18(24-20(21-13)23-14-8-6-5-7-9-14)22-15-11-16(25-2)19(27-4)17(12-15)26-3/h10-12,14H,5-9H2,1-4H3,(H2,21,22,23,24). The maximum Gasteiger partial charge on any atom is 0.225 e. The van der Waals surface area contributed by atoms with Gasteiger partial charge in [0.25, 0.3) is 0 Å². The topological polar surface area (TPSA) is 77.5 Å². The van der Waals surface area contributed by atoms with E-state index in [0.717, 1.165) is 17.2 Å². The van der Waals surface area contributed by atoms with Crippen LogP contribution in [0.15, 0.2) is 18.2 Å². The first-order valence-corrected chi connectivity index (χ1v) is 9.32. The predicted molar refractivity (Wildman–Crippen MR) is 107 cm³/mol. The van der Waals surface area contributed by atoms with Crippen LogP contribution in [0.3, 0.4) is 0 Å². The smallest absolute Gasteiger partial charge is 0.225 e.